The van der Waals surface area contributed by atoms with E-state index in [1.165, 1.54) is 5.56 Å². The van der Waals surface area contributed by atoms with Gasteiger partial charge in [0.2, 0.25) is 0 Å². The maximum atomic E-state index is 5.57. The largest absolute Gasteiger partial charge is 0.496 e. The summed E-state index contributed by atoms with van der Waals surface area (Å²) in [7, 11) is 3.37. The van der Waals surface area contributed by atoms with Crippen LogP contribution in [-0.4, -0.2) is 20.8 Å². The van der Waals surface area contributed by atoms with Crippen LogP contribution in [0.4, 0.5) is 0 Å². The molecule has 0 saturated carbocycles. The molecule has 16 heavy (non-hydrogen) atoms. The van der Waals surface area contributed by atoms with E-state index in [0.29, 0.717) is 19.1 Å². The van der Waals surface area contributed by atoms with Crippen molar-refractivity contribution in [2.24, 2.45) is 5.73 Å². The lowest BCUT2D eigenvalue weighted by molar-refractivity contribution is 0.181. The van der Waals surface area contributed by atoms with Crippen LogP contribution in [0.5, 0.6) is 5.75 Å². The van der Waals surface area contributed by atoms with Crippen molar-refractivity contribution >= 4 is 0 Å². The number of ether oxygens (including phenoxy) is 2. The molecule has 3 nitrogen and oxygen atoms in total. The zero-order chi connectivity index (χ0) is 12.0. The smallest absolute Gasteiger partial charge is 0.124 e. The number of hydrogen-bond acceptors (Lipinski definition) is 3. The zero-order valence-corrected chi connectivity index (χ0v) is 10.3. The first-order valence-electron chi connectivity index (χ1n) is 5.58. The first-order chi connectivity index (χ1) is 7.72. The summed E-state index contributed by atoms with van der Waals surface area (Å²) in [5.41, 5.74) is 7.95. The summed E-state index contributed by atoms with van der Waals surface area (Å²) in [6.07, 6.45) is 0.999. The van der Waals surface area contributed by atoms with Gasteiger partial charge in [-0.15, -0.1) is 0 Å². The quantitative estimate of drug-likeness (QED) is 0.804. The van der Waals surface area contributed by atoms with Gasteiger partial charge in [-0.05, 0) is 36.6 Å². The summed E-state index contributed by atoms with van der Waals surface area (Å²) in [6, 6.07) is 6.23. The van der Waals surface area contributed by atoms with Gasteiger partial charge in [-0.2, -0.15) is 0 Å². The number of rotatable bonds is 6. The molecule has 1 unspecified atom stereocenters. The highest BCUT2D eigenvalue weighted by Gasteiger charge is 2.09. The van der Waals surface area contributed by atoms with Crippen LogP contribution < -0.4 is 10.5 Å². The Morgan fingerprint density at radius 2 is 2.06 bits per heavy atom. The molecule has 0 heterocycles. The van der Waals surface area contributed by atoms with E-state index in [1.807, 2.05) is 6.07 Å². The molecule has 1 rings (SSSR count). The maximum absolute atomic E-state index is 5.57. The highest BCUT2D eigenvalue weighted by molar-refractivity contribution is 5.38. The SMILES string of the molecule is COCc1cc(C(C)CCN)ccc1OC. The summed E-state index contributed by atoms with van der Waals surface area (Å²) < 4.78 is 10.4. The van der Waals surface area contributed by atoms with Gasteiger partial charge in [0.05, 0.1) is 13.7 Å². The van der Waals surface area contributed by atoms with E-state index < -0.39 is 0 Å². The third-order valence-corrected chi connectivity index (χ3v) is 2.77. The van der Waals surface area contributed by atoms with Gasteiger partial charge in [0.1, 0.15) is 5.75 Å². The van der Waals surface area contributed by atoms with Crippen molar-refractivity contribution in [1.82, 2.24) is 0 Å². The van der Waals surface area contributed by atoms with Gasteiger partial charge < -0.3 is 15.2 Å². The molecule has 0 spiro atoms. The van der Waals surface area contributed by atoms with Crippen molar-refractivity contribution in [2.45, 2.75) is 25.9 Å². The Labute approximate surface area is 97.6 Å². The lowest BCUT2D eigenvalue weighted by Crippen LogP contribution is -2.05. The molecule has 3 heteroatoms. The third kappa shape index (κ3) is 3.22. The molecular weight excluding hydrogens is 202 g/mol. The Morgan fingerprint density at radius 3 is 2.62 bits per heavy atom. The van der Waals surface area contributed by atoms with Crippen LogP contribution in [0, 0.1) is 0 Å². The van der Waals surface area contributed by atoms with Crippen LogP contribution in [0.3, 0.4) is 0 Å². The molecule has 0 radical (unpaired) electrons. The topological polar surface area (TPSA) is 44.5 Å². The number of methoxy groups -OCH3 is 2. The van der Waals surface area contributed by atoms with Gasteiger partial charge in [0, 0.05) is 12.7 Å². The lowest BCUT2D eigenvalue weighted by atomic mass is 9.96. The van der Waals surface area contributed by atoms with Crippen LogP contribution >= 0.6 is 0 Å². The minimum Gasteiger partial charge on any atom is -0.496 e. The fourth-order valence-corrected chi connectivity index (χ4v) is 1.79. The molecule has 0 bridgehead atoms. The average molecular weight is 223 g/mol. The van der Waals surface area contributed by atoms with E-state index >= 15 is 0 Å². The van der Waals surface area contributed by atoms with Crippen LogP contribution in [0.1, 0.15) is 30.4 Å². The van der Waals surface area contributed by atoms with Gasteiger partial charge in [-0.25, -0.2) is 0 Å². The molecule has 0 aromatic heterocycles. The van der Waals surface area contributed by atoms with Crippen LogP contribution in [0.15, 0.2) is 18.2 Å². The molecule has 0 amide bonds. The van der Waals surface area contributed by atoms with Gasteiger partial charge in [0.15, 0.2) is 0 Å². The Bertz CT molecular complexity index is 326. The highest BCUT2D eigenvalue weighted by atomic mass is 16.5. The second-order valence-electron chi connectivity index (χ2n) is 3.98. The van der Waals surface area contributed by atoms with Crippen molar-refractivity contribution in [2.75, 3.05) is 20.8 Å². The molecule has 1 atom stereocenters. The van der Waals surface area contributed by atoms with Gasteiger partial charge >= 0.3 is 0 Å². The highest BCUT2D eigenvalue weighted by Crippen LogP contribution is 2.26. The molecule has 0 saturated heterocycles. The minimum atomic E-state index is 0.478. The van der Waals surface area contributed by atoms with Crippen LogP contribution in [0.2, 0.25) is 0 Å². The summed E-state index contributed by atoms with van der Waals surface area (Å²) in [5, 5.41) is 0. The molecule has 0 fully saturated rings. The molecule has 0 aliphatic rings. The van der Waals surface area contributed by atoms with Crippen LogP contribution in [0.25, 0.3) is 0 Å². The first-order valence-corrected chi connectivity index (χ1v) is 5.58. The maximum Gasteiger partial charge on any atom is 0.124 e. The fraction of sp³-hybridized carbons (Fsp3) is 0.538. The zero-order valence-electron chi connectivity index (χ0n) is 10.3. The van der Waals surface area contributed by atoms with Gasteiger partial charge in [-0.1, -0.05) is 13.0 Å². The molecule has 0 aliphatic carbocycles. The van der Waals surface area contributed by atoms with E-state index in [2.05, 4.69) is 19.1 Å². The van der Waals surface area contributed by atoms with E-state index in [9.17, 15) is 0 Å². The first kappa shape index (κ1) is 13.0. The number of benzene rings is 1. The molecule has 0 aliphatic heterocycles. The van der Waals surface area contributed by atoms with Gasteiger partial charge in [-0.3, -0.25) is 0 Å². The Hall–Kier alpha value is -1.06. The third-order valence-electron chi connectivity index (χ3n) is 2.77. The number of nitrogens with two attached hydrogens (primary N) is 1. The van der Waals surface area contributed by atoms with Crippen molar-refractivity contribution in [1.29, 1.82) is 0 Å². The normalized spacial score (nSPS) is 12.5. The molecule has 1 aromatic carbocycles. The molecule has 1 aromatic rings. The fourth-order valence-electron chi connectivity index (χ4n) is 1.79. The van der Waals surface area contributed by atoms with E-state index in [-0.39, 0.29) is 0 Å². The number of hydrogen-bond donors (Lipinski definition) is 1. The monoisotopic (exact) mass is 223 g/mol. The summed E-state index contributed by atoms with van der Waals surface area (Å²) >= 11 is 0. The van der Waals surface area contributed by atoms with Crippen molar-refractivity contribution in [3.05, 3.63) is 29.3 Å². The minimum absolute atomic E-state index is 0.478. The lowest BCUT2D eigenvalue weighted by Gasteiger charge is -2.14. The summed E-state index contributed by atoms with van der Waals surface area (Å²) in [6.45, 7) is 3.48. The van der Waals surface area contributed by atoms with Gasteiger partial charge in [0.25, 0.3) is 0 Å². The summed E-state index contributed by atoms with van der Waals surface area (Å²) in [4.78, 5) is 0. The molecule has 2 N–H and O–H groups in total. The standard InChI is InChI=1S/C13H21NO2/c1-10(6-7-14)11-4-5-13(16-3)12(8-11)9-15-2/h4-5,8,10H,6-7,9,14H2,1-3H3. The van der Waals surface area contributed by atoms with Crippen molar-refractivity contribution in [3.8, 4) is 5.75 Å². The summed E-state index contributed by atoms with van der Waals surface area (Å²) in [5.74, 6) is 1.36. The predicted molar refractivity (Wildman–Crippen MR) is 65.8 cm³/mol. The Morgan fingerprint density at radius 1 is 1.31 bits per heavy atom. The molecule has 90 valence electrons. The van der Waals surface area contributed by atoms with E-state index in [4.69, 9.17) is 15.2 Å². The van der Waals surface area contributed by atoms with Crippen molar-refractivity contribution < 1.29 is 9.47 Å². The molecular formula is C13H21NO2. The van der Waals surface area contributed by atoms with Crippen LogP contribution in [-0.2, 0) is 11.3 Å². The average Bonchev–Trinajstić information content (AvgIpc) is 2.29. The predicted octanol–water partition coefficient (Wildman–Crippen LogP) is 2.29. The van der Waals surface area contributed by atoms with E-state index in [0.717, 1.165) is 17.7 Å². The van der Waals surface area contributed by atoms with Crippen molar-refractivity contribution in [3.63, 3.8) is 0 Å². The Kier molecular flexibility index (Phi) is 5.29. The second-order valence-corrected chi connectivity index (χ2v) is 3.98. The Balaban J connectivity index is 2.91. The second kappa shape index (κ2) is 6.51. The van der Waals surface area contributed by atoms with E-state index in [1.54, 1.807) is 14.2 Å².